The van der Waals surface area contributed by atoms with Gasteiger partial charge in [-0.15, -0.1) is 11.3 Å². The van der Waals surface area contributed by atoms with E-state index in [1.807, 2.05) is 6.92 Å². The SMILES string of the molecule is CCCN(C1CCS(=O)(=O)C1)S(=O)(=O)c1ccc(Br)s1. The third-order valence-corrected chi connectivity index (χ3v) is 8.96. The highest BCUT2D eigenvalue weighted by atomic mass is 79.9. The van der Waals surface area contributed by atoms with Crippen molar-refractivity contribution in [3.05, 3.63) is 15.9 Å². The molecule has 1 aromatic heterocycles. The van der Waals surface area contributed by atoms with Crippen molar-refractivity contribution in [1.82, 2.24) is 4.31 Å². The van der Waals surface area contributed by atoms with Crippen LogP contribution >= 0.6 is 27.3 Å². The summed E-state index contributed by atoms with van der Waals surface area (Å²) in [4.78, 5) is 0. The van der Waals surface area contributed by atoms with Gasteiger partial charge in [-0.05, 0) is 40.9 Å². The number of sulfonamides is 1. The molecule has 1 fully saturated rings. The van der Waals surface area contributed by atoms with Gasteiger partial charge >= 0.3 is 0 Å². The Morgan fingerprint density at radius 3 is 2.60 bits per heavy atom. The van der Waals surface area contributed by atoms with Crippen LogP contribution in [-0.4, -0.2) is 45.2 Å². The molecule has 20 heavy (non-hydrogen) atoms. The molecule has 1 aromatic rings. The van der Waals surface area contributed by atoms with Crippen LogP contribution in [0.15, 0.2) is 20.1 Å². The second-order valence-corrected chi connectivity index (χ2v) is 11.5. The van der Waals surface area contributed by atoms with Crippen LogP contribution < -0.4 is 0 Å². The predicted molar refractivity (Wildman–Crippen MR) is 83.3 cm³/mol. The van der Waals surface area contributed by atoms with Gasteiger partial charge in [0.15, 0.2) is 9.84 Å². The summed E-state index contributed by atoms with van der Waals surface area (Å²) in [6, 6.07) is 2.80. The van der Waals surface area contributed by atoms with Gasteiger partial charge in [0, 0.05) is 12.6 Å². The van der Waals surface area contributed by atoms with E-state index in [2.05, 4.69) is 15.9 Å². The van der Waals surface area contributed by atoms with Crippen LogP contribution in [0.4, 0.5) is 0 Å². The van der Waals surface area contributed by atoms with Gasteiger partial charge in [0.05, 0.1) is 15.3 Å². The Kier molecular flexibility index (Phi) is 4.95. The van der Waals surface area contributed by atoms with E-state index in [0.29, 0.717) is 19.4 Å². The van der Waals surface area contributed by atoms with Crippen LogP contribution in [0.3, 0.4) is 0 Å². The second-order valence-electron chi connectivity index (χ2n) is 4.73. The molecule has 114 valence electrons. The van der Waals surface area contributed by atoms with E-state index in [1.165, 1.54) is 4.31 Å². The van der Waals surface area contributed by atoms with Crippen molar-refractivity contribution in [1.29, 1.82) is 0 Å². The highest BCUT2D eigenvalue weighted by Crippen LogP contribution is 2.31. The average Bonchev–Trinajstić information content (AvgIpc) is 2.92. The zero-order valence-corrected chi connectivity index (χ0v) is 15.0. The van der Waals surface area contributed by atoms with E-state index in [1.54, 1.807) is 12.1 Å². The number of halogens is 1. The molecule has 2 heterocycles. The highest BCUT2D eigenvalue weighted by Gasteiger charge is 2.38. The van der Waals surface area contributed by atoms with Crippen LogP contribution in [0.1, 0.15) is 19.8 Å². The molecule has 1 atom stereocenters. The number of nitrogens with zero attached hydrogens (tertiary/aromatic N) is 1. The second kappa shape index (κ2) is 6.04. The largest absolute Gasteiger partial charge is 0.252 e. The van der Waals surface area contributed by atoms with Crippen molar-refractivity contribution >= 4 is 47.1 Å². The van der Waals surface area contributed by atoms with Crippen LogP contribution in [-0.2, 0) is 19.9 Å². The number of hydrogen-bond acceptors (Lipinski definition) is 5. The Hall–Kier alpha value is 0.0400. The first-order chi connectivity index (χ1) is 9.26. The third-order valence-electron chi connectivity index (χ3n) is 3.17. The Balaban J connectivity index is 2.33. The summed E-state index contributed by atoms with van der Waals surface area (Å²) in [5.74, 6) is 0.000308. The minimum absolute atomic E-state index is 0.0707. The summed E-state index contributed by atoms with van der Waals surface area (Å²) in [6.45, 7) is 2.23. The van der Waals surface area contributed by atoms with E-state index in [9.17, 15) is 16.8 Å². The van der Waals surface area contributed by atoms with Crippen molar-refractivity contribution in [3.8, 4) is 0 Å². The van der Waals surface area contributed by atoms with Crippen LogP contribution in [0.25, 0.3) is 0 Å². The van der Waals surface area contributed by atoms with Crippen molar-refractivity contribution in [2.24, 2.45) is 0 Å². The zero-order chi connectivity index (χ0) is 15.0. The first-order valence-corrected chi connectivity index (χ1v) is 11.1. The summed E-state index contributed by atoms with van der Waals surface area (Å²) >= 11 is 4.40. The van der Waals surface area contributed by atoms with Gasteiger partial charge < -0.3 is 0 Å². The van der Waals surface area contributed by atoms with Crippen LogP contribution in [0, 0.1) is 0 Å². The molecule has 5 nitrogen and oxygen atoms in total. The molecular weight excluding hydrogens is 386 g/mol. The van der Waals surface area contributed by atoms with Gasteiger partial charge in [-0.1, -0.05) is 6.92 Å². The molecular formula is C11H16BrNO4S3. The fraction of sp³-hybridized carbons (Fsp3) is 0.636. The summed E-state index contributed by atoms with van der Waals surface area (Å²) in [5.41, 5.74) is 0. The Morgan fingerprint density at radius 2 is 2.15 bits per heavy atom. The van der Waals surface area contributed by atoms with E-state index in [-0.39, 0.29) is 15.7 Å². The van der Waals surface area contributed by atoms with Gasteiger partial charge in [-0.3, -0.25) is 0 Å². The number of thiophene rings is 1. The fourth-order valence-electron chi connectivity index (χ4n) is 2.27. The van der Waals surface area contributed by atoms with E-state index < -0.39 is 25.9 Å². The van der Waals surface area contributed by atoms with E-state index in [0.717, 1.165) is 15.1 Å². The number of sulfone groups is 1. The van der Waals surface area contributed by atoms with Crippen molar-refractivity contribution in [2.75, 3.05) is 18.1 Å². The maximum absolute atomic E-state index is 12.7. The molecule has 0 bridgehead atoms. The molecule has 0 aliphatic carbocycles. The standard InChI is InChI=1S/C11H16BrNO4S3/c1-2-6-13(9-5-7-19(14,15)8-9)20(16,17)11-4-3-10(12)18-11/h3-4,9H,2,5-8H2,1H3. The maximum Gasteiger partial charge on any atom is 0.252 e. The molecule has 1 aliphatic rings. The minimum Gasteiger partial charge on any atom is -0.229 e. The molecule has 0 amide bonds. The lowest BCUT2D eigenvalue weighted by molar-refractivity contribution is 0.341. The summed E-state index contributed by atoms with van der Waals surface area (Å²) in [7, 11) is -6.73. The van der Waals surface area contributed by atoms with Crippen LogP contribution in [0.2, 0.25) is 0 Å². The molecule has 0 N–H and O–H groups in total. The summed E-state index contributed by atoms with van der Waals surface area (Å²) < 4.78 is 50.8. The number of hydrogen-bond donors (Lipinski definition) is 0. The Labute approximate surface area is 132 Å². The predicted octanol–water partition coefficient (Wildman–Crippen LogP) is 2.10. The first-order valence-electron chi connectivity index (χ1n) is 6.24. The molecule has 0 saturated carbocycles. The van der Waals surface area contributed by atoms with Gasteiger partial charge in [-0.2, -0.15) is 4.31 Å². The monoisotopic (exact) mass is 401 g/mol. The van der Waals surface area contributed by atoms with E-state index in [4.69, 9.17) is 0 Å². The molecule has 0 spiro atoms. The van der Waals surface area contributed by atoms with Crippen molar-refractivity contribution in [2.45, 2.75) is 30.0 Å². The molecule has 0 radical (unpaired) electrons. The average molecular weight is 402 g/mol. The lowest BCUT2D eigenvalue weighted by atomic mass is 10.2. The zero-order valence-electron chi connectivity index (χ0n) is 11.0. The normalized spacial score (nSPS) is 22.4. The Bertz CT molecular complexity index is 680. The molecule has 1 saturated heterocycles. The smallest absolute Gasteiger partial charge is 0.229 e. The molecule has 2 rings (SSSR count). The van der Waals surface area contributed by atoms with Gasteiger partial charge in [0.1, 0.15) is 4.21 Å². The maximum atomic E-state index is 12.7. The molecule has 0 aromatic carbocycles. The third kappa shape index (κ3) is 3.44. The molecule has 1 aliphatic heterocycles. The molecule has 1 unspecified atom stereocenters. The van der Waals surface area contributed by atoms with Crippen molar-refractivity contribution in [3.63, 3.8) is 0 Å². The van der Waals surface area contributed by atoms with Gasteiger partial charge in [0.2, 0.25) is 0 Å². The number of rotatable bonds is 5. The van der Waals surface area contributed by atoms with E-state index >= 15 is 0 Å². The van der Waals surface area contributed by atoms with Gasteiger partial charge in [-0.25, -0.2) is 16.8 Å². The topological polar surface area (TPSA) is 71.5 Å². The summed E-state index contributed by atoms with van der Waals surface area (Å²) in [5, 5.41) is 0. The summed E-state index contributed by atoms with van der Waals surface area (Å²) in [6.07, 6.45) is 1.04. The first kappa shape index (κ1) is 16.4. The fourth-order valence-corrected chi connectivity index (χ4v) is 7.98. The van der Waals surface area contributed by atoms with Crippen molar-refractivity contribution < 1.29 is 16.8 Å². The van der Waals surface area contributed by atoms with Gasteiger partial charge in [0.25, 0.3) is 10.0 Å². The Morgan fingerprint density at radius 1 is 1.45 bits per heavy atom. The molecule has 9 heteroatoms. The quantitative estimate of drug-likeness (QED) is 0.756. The lowest BCUT2D eigenvalue weighted by Crippen LogP contribution is -2.41. The van der Waals surface area contributed by atoms with Crippen LogP contribution in [0.5, 0.6) is 0 Å². The minimum atomic E-state index is -3.62. The highest BCUT2D eigenvalue weighted by molar-refractivity contribution is 9.11. The lowest BCUT2D eigenvalue weighted by Gasteiger charge is -2.26.